The van der Waals surface area contributed by atoms with Crippen LogP contribution in [0, 0.1) is 0 Å². The van der Waals surface area contributed by atoms with Crippen molar-refractivity contribution in [1.82, 2.24) is 9.80 Å². The van der Waals surface area contributed by atoms with Crippen molar-refractivity contribution < 1.29 is 14.4 Å². The molecule has 1 aromatic carbocycles. The number of amides is 3. The fourth-order valence-electron chi connectivity index (χ4n) is 3.45. The first-order valence-corrected chi connectivity index (χ1v) is 8.76. The van der Waals surface area contributed by atoms with Crippen LogP contribution in [0.15, 0.2) is 30.0 Å². The van der Waals surface area contributed by atoms with E-state index in [-0.39, 0.29) is 17.7 Å². The van der Waals surface area contributed by atoms with E-state index < -0.39 is 0 Å². The molecule has 2 aliphatic rings. The van der Waals surface area contributed by atoms with E-state index in [1.54, 1.807) is 24.3 Å². The molecule has 2 aliphatic heterocycles. The Kier molecular flexibility index (Phi) is 4.88. The van der Waals surface area contributed by atoms with Crippen molar-refractivity contribution in [2.75, 3.05) is 25.0 Å². The Morgan fingerprint density at radius 3 is 2.24 bits per heavy atom. The molecule has 1 fully saturated rings. The minimum atomic E-state index is -0.236. The number of carbonyl (C=O) groups excluding carboxylic acids is 3. The van der Waals surface area contributed by atoms with Crippen LogP contribution in [-0.4, -0.2) is 47.2 Å². The third-order valence-electron chi connectivity index (χ3n) is 4.63. The molecule has 3 rings (SSSR count). The number of likely N-dealkylation sites (tertiary alicyclic amines) is 1. The van der Waals surface area contributed by atoms with Gasteiger partial charge < -0.3 is 10.2 Å². The van der Waals surface area contributed by atoms with Crippen LogP contribution in [0.5, 0.6) is 0 Å². The maximum atomic E-state index is 12.8. The molecule has 6 nitrogen and oxygen atoms in total. The Labute approximate surface area is 147 Å². The van der Waals surface area contributed by atoms with Crippen molar-refractivity contribution in [2.45, 2.75) is 33.1 Å². The molecule has 2 heterocycles. The normalized spacial score (nSPS) is 18.2. The molecule has 132 valence electrons. The fourth-order valence-corrected chi connectivity index (χ4v) is 3.45. The largest absolute Gasteiger partial charge is 0.366 e. The summed E-state index contributed by atoms with van der Waals surface area (Å²) in [5.74, 6) is -0.582. The highest BCUT2D eigenvalue weighted by Crippen LogP contribution is 2.33. The zero-order valence-corrected chi connectivity index (χ0v) is 14.7. The van der Waals surface area contributed by atoms with E-state index in [2.05, 4.69) is 10.2 Å². The number of anilines is 1. The number of likely N-dealkylation sites (N-methyl/N-ethyl adjacent to an activating group) is 1. The summed E-state index contributed by atoms with van der Waals surface area (Å²) in [7, 11) is 0. The summed E-state index contributed by atoms with van der Waals surface area (Å²) in [6.07, 6.45) is 3.22. The summed E-state index contributed by atoms with van der Waals surface area (Å²) in [6.45, 7) is 5.23. The molecule has 1 aromatic rings. The molecular formula is C19H23N3O3. The molecule has 6 heteroatoms. The minimum absolute atomic E-state index is 0.148. The highest BCUT2D eigenvalue weighted by molar-refractivity contribution is 6.35. The standard InChI is InChI=1S/C19H23N3O3/c1-3-22-18(24)16(14-7-9-15(10-8-14)20-13(2)23)17(19(22)25)21-11-5-4-6-12-21/h7-10H,3-6,11-12H2,1-2H3,(H,20,23). The van der Waals surface area contributed by atoms with Gasteiger partial charge in [0.15, 0.2) is 0 Å². The molecule has 3 amide bonds. The summed E-state index contributed by atoms with van der Waals surface area (Å²) >= 11 is 0. The van der Waals surface area contributed by atoms with E-state index in [9.17, 15) is 14.4 Å². The Balaban J connectivity index is 2.01. The van der Waals surface area contributed by atoms with Gasteiger partial charge in [-0.05, 0) is 43.9 Å². The fraction of sp³-hybridized carbons (Fsp3) is 0.421. The van der Waals surface area contributed by atoms with Crippen LogP contribution in [0.3, 0.4) is 0 Å². The molecule has 25 heavy (non-hydrogen) atoms. The average molecular weight is 341 g/mol. The monoisotopic (exact) mass is 341 g/mol. The zero-order valence-electron chi connectivity index (χ0n) is 14.7. The molecule has 0 bridgehead atoms. The lowest BCUT2D eigenvalue weighted by atomic mass is 10.0. The first-order chi connectivity index (χ1) is 12.0. The summed E-state index contributed by atoms with van der Waals surface area (Å²) in [5.41, 5.74) is 2.38. The number of piperidine rings is 1. The highest BCUT2D eigenvalue weighted by atomic mass is 16.2. The zero-order chi connectivity index (χ0) is 18.0. The van der Waals surface area contributed by atoms with Gasteiger partial charge in [0.05, 0.1) is 5.57 Å². The summed E-state index contributed by atoms with van der Waals surface area (Å²) < 4.78 is 0. The summed E-state index contributed by atoms with van der Waals surface area (Å²) in [4.78, 5) is 40.1. The number of rotatable bonds is 4. The molecule has 0 spiro atoms. The van der Waals surface area contributed by atoms with Crippen molar-refractivity contribution in [2.24, 2.45) is 0 Å². The molecular weight excluding hydrogens is 318 g/mol. The van der Waals surface area contributed by atoms with Gasteiger partial charge in [-0.15, -0.1) is 0 Å². The Morgan fingerprint density at radius 1 is 1.04 bits per heavy atom. The number of benzene rings is 1. The molecule has 0 aromatic heterocycles. The van der Waals surface area contributed by atoms with E-state index >= 15 is 0 Å². The van der Waals surface area contributed by atoms with Gasteiger partial charge in [-0.25, -0.2) is 0 Å². The van der Waals surface area contributed by atoms with E-state index in [4.69, 9.17) is 0 Å². The molecule has 1 N–H and O–H groups in total. The topological polar surface area (TPSA) is 69.7 Å². The van der Waals surface area contributed by atoms with Crippen molar-refractivity contribution in [1.29, 1.82) is 0 Å². The van der Waals surface area contributed by atoms with E-state index in [0.29, 0.717) is 29.1 Å². The number of nitrogens with one attached hydrogen (secondary N) is 1. The van der Waals surface area contributed by atoms with E-state index in [0.717, 1.165) is 32.4 Å². The quantitative estimate of drug-likeness (QED) is 0.853. The number of carbonyl (C=O) groups is 3. The van der Waals surface area contributed by atoms with Crippen molar-refractivity contribution >= 4 is 29.0 Å². The van der Waals surface area contributed by atoms with Crippen LogP contribution in [0.25, 0.3) is 5.57 Å². The maximum absolute atomic E-state index is 12.8. The number of imide groups is 1. The summed E-state index contributed by atoms with van der Waals surface area (Å²) in [5, 5.41) is 2.71. The Morgan fingerprint density at radius 2 is 1.68 bits per heavy atom. The Hall–Kier alpha value is -2.63. The first kappa shape index (κ1) is 17.2. The summed E-state index contributed by atoms with van der Waals surface area (Å²) in [6, 6.07) is 7.08. The third kappa shape index (κ3) is 3.29. The van der Waals surface area contributed by atoms with E-state index in [1.165, 1.54) is 11.8 Å². The number of hydrogen-bond acceptors (Lipinski definition) is 4. The lowest BCUT2D eigenvalue weighted by Gasteiger charge is -2.29. The van der Waals surface area contributed by atoms with E-state index in [1.807, 2.05) is 6.92 Å². The van der Waals surface area contributed by atoms with Crippen LogP contribution in [0.1, 0.15) is 38.7 Å². The lowest BCUT2D eigenvalue weighted by molar-refractivity contribution is -0.137. The Bertz CT molecular complexity index is 731. The van der Waals surface area contributed by atoms with Gasteiger partial charge in [0.1, 0.15) is 5.70 Å². The van der Waals surface area contributed by atoms with Gasteiger partial charge in [-0.2, -0.15) is 0 Å². The second-order valence-corrected chi connectivity index (χ2v) is 6.38. The predicted molar refractivity (Wildman–Crippen MR) is 95.5 cm³/mol. The van der Waals surface area contributed by atoms with Crippen LogP contribution < -0.4 is 5.32 Å². The molecule has 0 radical (unpaired) electrons. The predicted octanol–water partition coefficient (Wildman–Crippen LogP) is 2.23. The van der Waals surface area contributed by atoms with Crippen molar-refractivity contribution in [3.05, 3.63) is 35.5 Å². The van der Waals surface area contributed by atoms with Crippen LogP contribution in [-0.2, 0) is 14.4 Å². The number of hydrogen-bond donors (Lipinski definition) is 1. The lowest BCUT2D eigenvalue weighted by Crippen LogP contribution is -2.37. The molecule has 0 unspecified atom stereocenters. The smallest absolute Gasteiger partial charge is 0.277 e. The van der Waals surface area contributed by atoms with Gasteiger partial charge >= 0.3 is 0 Å². The van der Waals surface area contributed by atoms with Crippen molar-refractivity contribution in [3.63, 3.8) is 0 Å². The highest BCUT2D eigenvalue weighted by Gasteiger charge is 2.40. The van der Waals surface area contributed by atoms with Gasteiger partial charge in [0.2, 0.25) is 5.91 Å². The van der Waals surface area contributed by atoms with Crippen LogP contribution in [0.4, 0.5) is 5.69 Å². The molecule has 0 aliphatic carbocycles. The van der Waals surface area contributed by atoms with Crippen LogP contribution >= 0.6 is 0 Å². The van der Waals surface area contributed by atoms with Gasteiger partial charge in [-0.1, -0.05) is 12.1 Å². The third-order valence-corrected chi connectivity index (χ3v) is 4.63. The second-order valence-electron chi connectivity index (χ2n) is 6.38. The van der Waals surface area contributed by atoms with Gasteiger partial charge in [0.25, 0.3) is 11.8 Å². The molecule has 0 atom stereocenters. The number of nitrogens with zero attached hydrogens (tertiary/aromatic N) is 2. The van der Waals surface area contributed by atoms with Gasteiger partial charge in [-0.3, -0.25) is 19.3 Å². The molecule has 0 saturated carbocycles. The average Bonchev–Trinajstić information content (AvgIpc) is 2.86. The molecule has 1 saturated heterocycles. The van der Waals surface area contributed by atoms with Crippen LogP contribution in [0.2, 0.25) is 0 Å². The minimum Gasteiger partial charge on any atom is -0.366 e. The maximum Gasteiger partial charge on any atom is 0.277 e. The van der Waals surface area contributed by atoms with Gasteiger partial charge in [0, 0.05) is 32.2 Å². The van der Waals surface area contributed by atoms with Crippen molar-refractivity contribution in [3.8, 4) is 0 Å². The second kappa shape index (κ2) is 7.09. The first-order valence-electron chi connectivity index (χ1n) is 8.76. The SMILES string of the molecule is CCN1C(=O)C(c2ccc(NC(C)=O)cc2)=C(N2CCCCC2)C1=O.